The average Bonchev–Trinajstić information content (AvgIpc) is 2.66. The highest BCUT2D eigenvalue weighted by atomic mass is 35.5. The first kappa shape index (κ1) is 23.9. The molecule has 1 aromatic rings. The second-order valence-corrected chi connectivity index (χ2v) is 6.54. The number of hydrogen-bond acceptors (Lipinski definition) is 7. The van der Waals surface area contributed by atoms with Crippen LogP contribution in [0.5, 0.6) is 0 Å². The van der Waals surface area contributed by atoms with Crippen LogP contribution in [0.3, 0.4) is 0 Å². The van der Waals surface area contributed by atoms with Crippen LogP contribution in [0.1, 0.15) is 29.6 Å². The number of anilines is 1. The molecule has 0 aliphatic carbocycles. The third kappa shape index (κ3) is 6.77. The normalized spacial score (nSPS) is 10.5. The van der Waals surface area contributed by atoms with Crippen molar-refractivity contribution in [3.63, 3.8) is 0 Å². The number of nitro groups is 2. The standard InChI is InChI=1S/C16H22Cl2N4O6/c17-4-7-20(8-5-18)15-13(16(24)19-6-2-1-3-9-23)10-12(21(25)26)11-14(15)22(27)28/h10-11,23H,1-9H2,(H,19,24). The lowest BCUT2D eigenvalue weighted by Gasteiger charge is -2.24. The molecule has 2 N–H and O–H groups in total. The quantitative estimate of drug-likeness (QED) is 0.209. The fraction of sp³-hybridized carbons (Fsp3) is 0.562. The smallest absolute Gasteiger partial charge is 0.300 e. The zero-order chi connectivity index (χ0) is 21.1. The van der Waals surface area contributed by atoms with Crippen LogP contribution in [-0.4, -0.2) is 58.9 Å². The predicted octanol–water partition coefficient (Wildman–Crippen LogP) is 2.68. The monoisotopic (exact) mass is 436 g/mol. The number of benzene rings is 1. The number of amides is 1. The summed E-state index contributed by atoms with van der Waals surface area (Å²) in [6.07, 6.45) is 1.86. The Labute approximate surface area is 171 Å². The van der Waals surface area contributed by atoms with Crippen molar-refractivity contribution < 1.29 is 19.7 Å². The second-order valence-electron chi connectivity index (χ2n) is 5.78. The summed E-state index contributed by atoms with van der Waals surface area (Å²) >= 11 is 11.6. The van der Waals surface area contributed by atoms with Crippen LogP contribution in [0.2, 0.25) is 0 Å². The van der Waals surface area contributed by atoms with Crippen LogP contribution < -0.4 is 10.2 Å². The molecule has 10 nitrogen and oxygen atoms in total. The summed E-state index contributed by atoms with van der Waals surface area (Å²) in [5, 5.41) is 34.1. The van der Waals surface area contributed by atoms with Crippen LogP contribution in [0, 0.1) is 20.2 Å². The number of nitrogens with zero attached hydrogens (tertiary/aromatic N) is 3. The molecule has 0 heterocycles. The van der Waals surface area contributed by atoms with Gasteiger partial charge in [-0.2, -0.15) is 0 Å². The van der Waals surface area contributed by atoms with E-state index in [0.717, 1.165) is 12.1 Å². The van der Waals surface area contributed by atoms with E-state index in [1.807, 2.05) is 0 Å². The van der Waals surface area contributed by atoms with E-state index in [9.17, 15) is 25.0 Å². The van der Waals surface area contributed by atoms with Crippen LogP contribution in [0.4, 0.5) is 17.1 Å². The first-order chi connectivity index (χ1) is 13.4. The maximum atomic E-state index is 12.7. The van der Waals surface area contributed by atoms with E-state index in [-0.39, 0.29) is 49.3 Å². The average molecular weight is 437 g/mol. The van der Waals surface area contributed by atoms with Gasteiger partial charge in [0.25, 0.3) is 17.3 Å². The number of nitrogens with one attached hydrogen (secondary N) is 1. The van der Waals surface area contributed by atoms with Gasteiger partial charge in [-0.1, -0.05) is 0 Å². The summed E-state index contributed by atoms with van der Waals surface area (Å²) in [5.74, 6) is -0.430. The van der Waals surface area contributed by atoms with Gasteiger partial charge in [0, 0.05) is 44.1 Å². The van der Waals surface area contributed by atoms with E-state index < -0.39 is 27.1 Å². The maximum absolute atomic E-state index is 12.7. The van der Waals surface area contributed by atoms with Crippen molar-refractivity contribution in [2.24, 2.45) is 0 Å². The molecule has 1 amide bonds. The molecular weight excluding hydrogens is 415 g/mol. The number of rotatable bonds is 13. The highest BCUT2D eigenvalue weighted by Gasteiger charge is 2.30. The van der Waals surface area contributed by atoms with E-state index in [0.29, 0.717) is 19.3 Å². The Bertz CT molecular complexity index is 698. The molecule has 0 spiro atoms. The number of alkyl halides is 2. The highest BCUT2D eigenvalue weighted by Crippen LogP contribution is 2.36. The Hall–Kier alpha value is -2.17. The van der Waals surface area contributed by atoms with Crippen molar-refractivity contribution in [2.45, 2.75) is 19.3 Å². The van der Waals surface area contributed by atoms with Crippen LogP contribution >= 0.6 is 23.2 Å². The van der Waals surface area contributed by atoms with E-state index in [2.05, 4.69) is 5.32 Å². The molecule has 0 fully saturated rings. The number of hydrogen-bond donors (Lipinski definition) is 2. The Morgan fingerprint density at radius 3 is 2.21 bits per heavy atom. The van der Waals surface area contributed by atoms with Crippen LogP contribution in [0.25, 0.3) is 0 Å². The molecule has 12 heteroatoms. The molecule has 0 aliphatic rings. The van der Waals surface area contributed by atoms with E-state index >= 15 is 0 Å². The molecule has 0 aromatic heterocycles. The summed E-state index contributed by atoms with van der Waals surface area (Å²) in [6, 6.07) is 1.84. The zero-order valence-corrected chi connectivity index (χ0v) is 16.6. The van der Waals surface area contributed by atoms with Crippen molar-refractivity contribution in [2.75, 3.05) is 42.9 Å². The molecule has 156 valence electrons. The minimum absolute atomic E-state index is 0.0426. The van der Waals surface area contributed by atoms with Gasteiger partial charge >= 0.3 is 0 Å². The number of nitro benzene ring substituents is 2. The summed E-state index contributed by atoms with van der Waals surface area (Å²) in [7, 11) is 0. The summed E-state index contributed by atoms with van der Waals surface area (Å²) < 4.78 is 0. The number of aliphatic hydroxyl groups excluding tert-OH is 1. The minimum Gasteiger partial charge on any atom is -0.396 e. The van der Waals surface area contributed by atoms with Crippen LogP contribution in [0.15, 0.2) is 12.1 Å². The number of unbranched alkanes of at least 4 members (excludes halogenated alkanes) is 2. The number of halogens is 2. The van der Waals surface area contributed by atoms with Gasteiger partial charge in [-0.05, 0) is 19.3 Å². The van der Waals surface area contributed by atoms with E-state index in [1.165, 1.54) is 4.90 Å². The van der Waals surface area contributed by atoms with E-state index in [4.69, 9.17) is 28.3 Å². The zero-order valence-electron chi connectivity index (χ0n) is 15.1. The van der Waals surface area contributed by atoms with Gasteiger partial charge in [0.1, 0.15) is 5.69 Å². The number of non-ortho nitro benzene ring substituents is 1. The molecule has 0 bridgehead atoms. The molecule has 0 saturated carbocycles. The summed E-state index contributed by atoms with van der Waals surface area (Å²) in [5.41, 5.74) is -1.35. The Morgan fingerprint density at radius 1 is 1.07 bits per heavy atom. The van der Waals surface area contributed by atoms with Gasteiger partial charge in [0.15, 0.2) is 0 Å². The van der Waals surface area contributed by atoms with Gasteiger partial charge < -0.3 is 15.3 Å². The molecular formula is C16H22Cl2N4O6. The van der Waals surface area contributed by atoms with Gasteiger partial charge in [0.05, 0.1) is 21.5 Å². The third-order valence-corrected chi connectivity index (χ3v) is 4.21. The molecule has 28 heavy (non-hydrogen) atoms. The van der Waals surface area contributed by atoms with Gasteiger partial charge in [-0.15, -0.1) is 23.2 Å². The predicted molar refractivity (Wildman–Crippen MR) is 107 cm³/mol. The fourth-order valence-electron chi connectivity index (χ4n) is 2.60. The lowest BCUT2D eigenvalue weighted by atomic mass is 10.1. The molecule has 1 rings (SSSR count). The summed E-state index contributed by atoms with van der Waals surface area (Å²) in [6.45, 7) is 0.647. The largest absolute Gasteiger partial charge is 0.396 e. The number of carbonyl (C=O) groups excluding carboxylic acids is 1. The van der Waals surface area contributed by atoms with Gasteiger partial charge in [0.2, 0.25) is 0 Å². The molecule has 0 unspecified atom stereocenters. The second kappa shape index (κ2) is 12.3. The highest BCUT2D eigenvalue weighted by molar-refractivity contribution is 6.18. The van der Waals surface area contributed by atoms with Crippen molar-refractivity contribution in [3.05, 3.63) is 37.9 Å². The lowest BCUT2D eigenvalue weighted by Crippen LogP contribution is -2.32. The van der Waals surface area contributed by atoms with Crippen molar-refractivity contribution in [1.82, 2.24) is 5.32 Å². The number of carbonyl (C=O) groups is 1. The lowest BCUT2D eigenvalue weighted by molar-refractivity contribution is -0.393. The molecule has 0 atom stereocenters. The maximum Gasteiger partial charge on any atom is 0.300 e. The van der Waals surface area contributed by atoms with Crippen molar-refractivity contribution >= 4 is 46.2 Å². The van der Waals surface area contributed by atoms with Gasteiger partial charge in [-0.3, -0.25) is 25.0 Å². The molecule has 1 aromatic carbocycles. The SMILES string of the molecule is O=C(NCCCCCO)c1cc([N+](=O)[O-])cc([N+](=O)[O-])c1N(CCCl)CCCl. The fourth-order valence-corrected chi connectivity index (χ4v) is 3.01. The van der Waals surface area contributed by atoms with Gasteiger partial charge in [-0.25, -0.2) is 0 Å². The Kier molecular flexibility index (Phi) is 10.5. The Balaban J connectivity index is 3.37. The van der Waals surface area contributed by atoms with Crippen molar-refractivity contribution in [1.29, 1.82) is 0 Å². The Morgan fingerprint density at radius 2 is 1.71 bits per heavy atom. The van der Waals surface area contributed by atoms with E-state index in [1.54, 1.807) is 0 Å². The first-order valence-electron chi connectivity index (χ1n) is 8.60. The molecule has 0 radical (unpaired) electrons. The first-order valence-corrected chi connectivity index (χ1v) is 9.67. The molecule has 0 aliphatic heterocycles. The minimum atomic E-state index is -0.789. The topological polar surface area (TPSA) is 139 Å². The number of aliphatic hydroxyl groups is 1. The van der Waals surface area contributed by atoms with Crippen LogP contribution in [-0.2, 0) is 0 Å². The third-order valence-electron chi connectivity index (χ3n) is 3.87. The summed E-state index contributed by atoms with van der Waals surface area (Å²) in [4.78, 5) is 35.3. The molecule has 0 saturated heterocycles. The van der Waals surface area contributed by atoms with Crippen molar-refractivity contribution in [3.8, 4) is 0 Å².